The van der Waals surface area contributed by atoms with Gasteiger partial charge in [0.25, 0.3) is 0 Å². The van der Waals surface area contributed by atoms with E-state index in [-0.39, 0.29) is 5.91 Å². The Bertz CT molecular complexity index is 402. The van der Waals surface area contributed by atoms with E-state index in [9.17, 15) is 4.79 Å². The van der Waals surface area contributed by atoms with Crippen LogP contribution >= 0.6 is 0 Å². The van der Waals surface area contributed by atoms with Crippen LogP contribution < -0.4 is 4.90 Å². The Hall–Kier alpha value is -1.35. The van der Waals surface area contributed by atoms with Gasteiger partial charge in [0.1, 0.15) is 0 Å². The highest BCUT2D eigenvalue weighted by Gasteiger charge is 2.45. The zero-order valence-corrected chi connectivity index (χ0v) is 9.28. The van der Waals surface area contributed by atoms with Crippen LogP contribution in [-0.2, 0) is 14.9 Å². The van der Waals surface area contributed by atoms with Crippen molar-refractivity contribution in [3.05, 3.63) is 29.8 Å². The Labute approximate surface area is 89.7 Å². The summed E-state index contributed by atoms with van der Waals surface area (Å²) in [6.07, 6.45) is 0. The van der Waals surface area contributed by atoms with Crippen molar-refractivity contribution in [1.82, 2.24) is 0 Å². The molecule has 0 unspecified atom stereocenters. The Morgan fingerprint density at radius 1 is 1.40 bits per heavy atom. The number of hydrogen-bond acceptors (Lipinski definition) is 2. The third-order valence-corrected chi connectivity index (χ3v) is 3.07. The lowest BCUT2D eigenvalue weighted by atomic mass is 9.85. The molecule has 2 rings (SSSR count). The fraction of sp³-hybridized carbons (Fsp3) is 0.417. The van der Waals surface area contributed by atoms with E-state index in [0.717, 1.165) is 11.3 Å². The van der Waals surface area contributed by atoms with Gasteiger partial charge in [0.2, 0.25) is 5.91 Å². The summed E-state index contributed by atoms with van der Waals surface area (Å²) in [6.45, 7) is 2.36. The van der Waals surface area contributed by atoms with E-state index in [1.807, 2.05) is 38.2 Å². The fourth-order valence-corrected chi connectivity index (χ4v) is 2.26. The molecule has 1 atom stereocenters. The van der Waals surface area contributed by atoms with E-state index in [2.05, 4.69) is 0 Å². The summed E-state index contributed by atoms with van der Waals surface area (Å²) in [5, 5.41) is 0. The van der Waals surface area contributed by atoms with Crippen LogP contribution in [0.3, 0.4) is 0 Å². The second-order valence-electron chi connectivity index (χ2n) is 4.15. The first-order chi connectivity index (χ1) is 7.11. The van der Waals surface area contributed by atoms with Gasteiger partial charge in [-0.2, -0.15) is 0 Å². The maximum Gasteiger partial charge on any atom is 0.239 e. The Kier molecular flexibility index (Phi) is 2.27. The number of methoxy groups -OCH3 is 1. The molecule has 0 N–H and O–H groups in total. The highest BCUT2D eigenvalue weighted by atomic mass is 16.5. The minimum atomic E-state index is -0.528. The van der Waals surface area contributed by atoms with E-state index in [1.54, 1.807) is 12.0 Å². The molecule has 1 aliphatic heterocycles. The highest BCUT2D eigenvalue weighted by molar-refractivity contribution is 6.07. The Balaban J connectivity index is 2.55. The van der Waals surface area contributed by atoms with Crippen LogP contribution in [0.1, 0.15) is 12.5 Å². The van der Waals surface area contributed by atoms with E-state index < -0.39 is 5.41 Å². The molecule has 3 nitrogen and oxygen atoms in total. The molecule has 0 saturated carbocycles. The van der Waals surface area contributed by atoms with Crippen molar-refractivity contribution in [1.29, 1.82) is 0 Å². The number of benzene rings is 1. The van der Waals surface area contributed by atoms with Crippen molar-refractivity contribution in [2.45, 2.75) is 12.3 Å². The second-order valence-corrected chi connectivity index (χ2v) is 4.15. The predicted octanol–water partition coefficient (Wildman–Crippen LogP) is 1.57. The number of carbonyl (C=O) groups is 1. The number of rotatable bonds is 2. The SMILES string of the molecule is COC[C@]1(C)C(=O)N(C)c2ccccc21. The number of ether oxygens (including phenoxy) is 1. The summed E-state index contributed by atoms with van der Waals surface area (Å²) >= 11 is 0. The zero-order chi connectivity index (χ0) is 11.1. The molecule has 0 bridgehead atoms. The van der Waals surface area contributed by atoms with Crippen LogP contribution in [0.5, 0.6) is 0 Å². The van der Waals surface area contributed by atoms with Crippen LogP contribution in [0.15, 0.2) is 24.3 Å². The lowest BCUT2D eigenvalue weighted by molar-refractivity contribution is -0.124. The van der Waals surface area contributed by atoms with Crippen molar-refractivity contribution < 1.29 is 9.53 Å². The molecular formula is C12H15NO2. The molecule has 15 heavy (non-hydrogen) atoms. The molecule has 1 aromatic carbocycles. The molecule has 3 heteroatoms. The molecule has 0 aliphatic carbocycles. The molecule has 1 aliphatic rings. The topological polar surface area (TPSA) is 29.5 Å². The molecule has 0 saturated heterocycles. The van der Waals surface area contributed by atoms with E-state index in [0.29, 0.717) is 6.61 Å². The van der Waals surface area contributed by atoms with Gasteiger partial charge < -0.3 is 9.64 Å². The first-order valence-corrected chi connectivity index (χ1v) is 4.98. The van der Waals surface area contributed by atoms with Crippen LogP contribution in [0.2, 0.25) is 0 Å². The summed E-state index contributed by atoms with van der Waals surface area (Å²) in [4.78, 5) is 13.8. The maximum absolute atomic E-state index is 12.1. The minimum Gasteiger partial charge on any atom is -0.383 e. The van der Waals surface area contributed by atoms with Crippen LogP contribution in [0, 0.1) is 0 Å². The highest BCUT2D eigenvalue weighted by Crippen LogP contribution is 2.40. The van der Waals surface area contributed by atoms with E-state index >= 15 is 0 Å². The molecule has 80 valence electrons. The number of likely N-dealkylation sites (N-methyl/N-ethyl adjacent to an activating group) is 1. The summed E-state index contributed by atoms with van der Waals surface area (Å²) in [7, 11) is 3.43. The lowest BCUT2D eigenvalue weighted by Gasteiger charge is -2.21. The number of amides is 1. The third kappa shape index (κ3) is 1.27. The number of nitrogens with zero attached hydrogens (tertiary/aromatic N) is 1. The van der Waals surface area contributed by atoms with Crippen molar-refractivity contribution in [2.24, 2.45) is 0 Å². The van der Waals surface area contributed by atoms with Gasteiger partial charge in [0, 0.05) is 19.8 Å². The minimum absolute atomic E-state index is 0.102. The van der Waals surface area contributed by atoms with Gasteiger partial charge in [0.15, 0.2) is 0 Å². The molecule has 1 heterocycles. The summed E-state index contributed by atoms with van der Waals surface area (Å²) in [6, 6.07) is 7.87. The molecular weight excluding hydrogens is 190 g/mol. The first-order valence-electron chi connectivity index (χ1n) is 4.98. The number of carbonyl (C=O) groups excluding carboxylic acids is 1. The van der Waals surface area contributed by atoms with Gasteiger partial charge in [0.05, 0.1) is 12.0 Å². The van der Waals surface area contributed by atoms with E-state index in [1.165, 1.54) is 0 Å². The maximum atomic E-state index is 12.1. The van der Waals surface area contributed by atoms with Crippen molar-refractivity contribution in [3.63, 3.8) is 0 Å². The van der Waals surface area contributed by atoms with Gasteiger partial charge in [-0.05, 0) is 18.6 Å². The fourth-order valence-electron chi connectivity index (χ4n) is 2.26. The summed E-state index contributed by atoms with van der Waals surface area (Å²) in [5.41, 5.74) is 1.52. The van der Waals surface area contributed by atoms with Crippen LogP contribution in [-0.4, -0.2) is 26.7 Å². The molecule has 0 fully saturated rings. The van der Waals surface area contributed by atoms with Gasteiger partial charge in [-0.1, -0.05) is 18.2 Å². The van der Waals surface area contributed by atoms with Crippen LogP contribution in [0.4, 0.5) is 5.69 Å². The normalized spacial score (nSPS) is 24.5. The number of para-hydroxylation sites is 1. The van der Waals surface area contributed by atoms with Gasteiger partial charge in [-0.25, -0.2) is 0 Å². The smallest absolute Gasteiger partial charge is 0.239 e. The quantitative estimate of drug-likeness (QED) is 0.733. The van der Waals surface area contributed by atoms with Crippen molar-refractivity contribution >= 4 is 11.6 Å². The zero-order valence-electron chi connectivity index (χ0n) is 9.28. The summed E-state index contributed by atoms with van der Waals surface area (Å²) in [5.74, 6) is 0.102. The average Bonchev–Trinajstić information content (AvgIpc) is 2.43. The summed E-state index contributed by atoms with van der Waals surface area (Å²) < 4.78 is 5.16. The van der Waals surface area contributed by atoms with Crippen molar-refractivity contribution in [2.75, 3.05) is 25.7 Å². The molecule has 0 radical (unpaired) electrons. The third-order valence-electron chi connectivity index (χ3n) is 3.07. The predicted molar refractivity (Wildman–Crippen MR) is 59.1 cm³/mol. The number of fused-ring (bicyclic) bond motifs is 1. The number of anilines is 1. The number of hydrogen-bond donors (Lipinski definition) is 0. The second kappa shape index (κ2) is 3.35. The Morgan fingerprint density at radius 3 is 2.73 bits per heavy atom. The van der Waals surface area contributed by atoms with E-state index in [4.69, 9.17) is 4.74 Å². The van der Waals surface area contributed by atoms with Gasteiger partial charge in [-0.3, -0.25) is 4.79 Å². The lowest BCUT2D eigenvalue weighted by Crippen LogP contribution is -2.39. The largest absolute Gasteiger partial charge is 0.383 e. The molecule has 1 aromatic rings. The molecule has 1 amide bonds. The standard InChI is InChI=1S/C12H15NO2/c1-12(8-15-3)9-6-4-5-7-10(9)13(2)11(12)14/h4-7H,8H2,1-3H3/t12-/m0/s1. The first kappa shape index (κ1) is 10.2. The van der Waals surface area contributed by atoms with Crippen LogP contribution in [0.25, 0.3) is 0 Å². The molecule has 0 spiro atoms. The van der Waals surface area contributed by atoms with Gasteiger partial charge in [-0.15, -0.1) is 0 Å². The average molecular weight is 205 g/mol. The molecule has 0 aromatic heterocycles. The Morgan fingerprint density at radius 2 is 2.07 bits per heavy atom. The monoisotopic (exact) mass is 205 g/mol. The van der Waals surface area contributed by atoms with Crippen molar-refractivity contribution in [3.8, 4) is 0 Å². The van der Waals surface area contributed by atoms with Gasteiger partial charge >= 0.3 is 0 Å².